The van der Waals surface area contributed by atoms with E-state index in [1.54, 1.807) is 12.2 Å². The molecule has 0 radical (unpaired) electrons. The minimum Gasteiger partial charge on any atom is -0.481 e. The van der Waals surface area contributed by atoms with Gasteiger partial charge < -0.3 is 34.6 Å². The van der Waals surface area contributed by atoms with E-state index in [1.807, 2.05) is 0 Å². The van der Waals surface area contributed by atoms with Crippen LogP contribution in [0.1, 0.15) is 259 Å². The number of carbonyl (C=O) groups is 4. The van der Waals surface area contributed by atoms with E-state index in [4.69, 9.17) is 23.6 Å². The van der Waals surface area contributed by atoms with Crippen molar-refractivity contribution in [3.05, 3.63) is 47.6 Å². The molecule has 15 heteroatoms. The van der Waals surface area contributed by atoms with E-state index in [9.17, 15) is 38.8 Å². The highest BCUT2D eigenvalue weighted by molar-refractivity contribution is 7.47. The first kappa shape index (κ1) is 68.9. The minimum absolute atomic E-state index is 0.0102. The lowest BCUT2D eigenvalue weighted by Gasteiger charge is -2.32. The molecule has 1 rings (SSSR count). The Bertz CT molecular complexity index is 1660. The zero-order chi connectivity index (χ0) is 54.6. The molecule has 0 fully saturated rings. The lowest BCUT2D eigenvalue weighted by molar-refractivity contribution is -0.161. The number of esters is 2. The van der Waals surface area contributed by atoms with E-state index >= 15 is 0 Å². The van der Waals surface area contributed by atoms with Gasteiger partial charge in [0, 0.05) is 31.4 Å². The Hall–Kier alpha value is -3.13. The van der Waals surface area contributed by atoms with Crippen molar-refractivity contribution in [1.82, 2.24) is 4.90 Å². The van der Waals surface area contributed by atoms with Crippen LogP contribution in [0.5, 0.6) is 0 Å². The Kier molecular flexibility index (Phi) is 41.8. The average molecular weight is 1070 g/mol. The Morgan fingerprint density at radius 3 is 1.64 bits per heavy atom. The van der Waals surface area contributed by atoms with Crippen LogP contribution in [0.25, 0.3) is 0 Å². The lowest BCUT2D eigenvalue weighted by atomic mass is 9.97. The summed E-state index contributed by atoms with van der Waals surface area (Å²) in [5, 5.41) is 31.3. The van der Waals surface area contributed by atoms with Crippen LogP contribution in [0.3, 0.4) is 0 Å². The summed E-state index contributed by atoms with van der Waals surface area (Å²) in [5.74, 6) is -2.47. The molecule has 1 amide bonds. The fraction of sp³-hybridized carbons (Fsp3) is 0.797. The van der Waals surface area contributed by atoms with E-state index in [-0.39, 0.29) is 44.4 Å². The number of rotatable bonds is 51. The minimum atomic E-state index is -4.83. The molecule has 428 valence electrons. The maximum atomic E-state index is 13.8. The van der Waals surface area contributed by atoms with Gasteiger partial charge in [-0.3, -0.25) is 28.2 Å². The zero-order valence-corrected chi connectivity index (χ0v) is 47.7. The molecule has 3 unspecified atom stereocenters. The normalized spacial score (nSPS) is 16.8. The van der Waals surface area contributed by atoms with Crippen LogP contribution in [-0.4, -0.2) is 93.2 Å². The van der Waals surface area contributed by atoms with Crippen LogP contribution < -0.4 is 0 Å². The predicted molar refractivity (Wildman–Crippen MR) is 296 cm³/mol. The molecule has 0 aromatic heterocycles. The first-order valence-electron chi connectivity index (χ1n) is 29.3. The standard InChI is InChI=1S/C59H104NO13P/c1-5-8-11-13-15-17-19-21-22-24-26-28-30-32-39-44-57(65)73-52(49-70-56(64)43-38-31-29-27-25-23-20-18-16-14-12-9-6-2)50-72-74(68,69)71-48-47-60-58(66)53(46-45-51(61)40-35-10-7-3)54(59(60,4)67)41-36-33-34-37-42-55(62)63/h21-22,33,36,45-46,51-52,61,67H,5-20,23-32,34-35,37-44,47-50H2,1-4H3,(H,62,63)(H,68,69)/b22-21-,36-33-,46-45+/t51?,52-,59?/m1/s1. The van der Waals surface area contributed by atoms with Gasteiger partial charge in [0.1, 0.15) is 6.61 Å². The molecular formula is C59H104NO13P. The summed E-state index contributed by atoms with van der Waals surface area (Å²) < 4.78 is 34.9. The van der Waals surface area contributed by atoms with Crippen LogP contribution in [0.15, 0.2) is 47.6 Å². The first-order chi connectivity index (χ1) is 35.7. The van der Waals surface area contributed by atoms with Crippen molar-refractivity contribution in [2.45, 2.75) is 277 Å². The summed E-state index contributed by atoms with van der Waals surface area (Å²) in [7, 11) is -4.83. The molecule has 1 aliphatic heterocycles. The fourth-order valence-corrected chi connectivity index (χ4v) is 9.73. The van der Waals surface area contributed by atoms with E-state index in [0.29, 0.717) is 37.7 Å². The highest BCUT2D eigenvalue weighted by atomic mass is 31.2. The topological polar surface area (TPSA) is 206 Å². The van der Waals surface area contributed by atoms with Crippen molar-refractivity contribution in [3.63, 3.8) is 0 Å². The van der Waals surface area contributed by atoms with Crippen LogP contribution >= 0.6 is 7.82 Å². The van der Waals surface area contributed by atoms with Crippen molar-refractivity contribution in [3.8, 4) is 0 Å². The summed E-state index contributed by atoms with van der Waals surface area (Å²) in [6, 6.07) is 0. The number of nitrogens with zero attached hydrogens (tertiary/aromatic N) is 1. The second-order valence-corrected chi connectivity index (χ2v) is 21.9. The number of aliphatic hydroxyl groups is 2. The number of carboxylic acids is 1. The maximum absolute atomic E-state index is 13.8. The SMILES string of the molecule is CCCCCCCC/C=C\CCCCCCCC(=O)O[C@H](COC(=O)CCCCCCCCCCCCCCC)COP(=O)(O)OCCN1C(=O)C(/C=C/C(O)CCCCC)=C(C/C=C\CCCC(=O)O)C1(C)O. The van der Waals surface area contributed by atoms with Crippen LogP contribution in [-0.2, 0) is 42.3 Å². The molecule has 4 N–H and O–H groups in total. The van der Waals surface area contributed by atoms with Gasteiger partial charge in [0.15, 0.2) is 11.8 Å². The quantitative estimate of drug-likeness (QED) is 0.0194. The number of phosphoric acid groups is 1. The van der Waals surface area contributed by atoms with Crippen LogP contribution in [0.2, 0.25) is 0 Å². The van der Waals surface area contributed by atoms with Crippen molar-refractivity contribution < 1.29 is 62.5 Å². The van der Waals surface area contributed by atoms with E-state index in [2.05, 4.69) is 32.9 Å². The van der Waals surface area contributed by atoms with Gasteiger partial charge in [0.05, 0.1) is 19.3 Å². The molecular weight excluding hydrogens is 962 g/mol. The highest BCUT2D eigenvalue weighted by Crippen LogP contribution is 2.44. The Morgan fingerprint density at radius 1 is 0.622 bits per heavy atom. The molecule has 14 nitrogen and oxygen atoms in total. The third-order valence-corrected chi connectivity index (χ3v) is 14.6. The summed E-state index contributed by atoms with van der Waals surface area (Å²) in [4.78, 5) is 62.4. The molecule has 0 aliphatic carbocycles. The van der Waals surface area contributed by atoms with Crippen molar-refractivity contribution >= 4 is 31.6 Å². The number of hydrogen-bond acceptors (Lipinski definition) is 11. The van der Waals surface area contributed by atoms with Gasteiger partial charge in [0.2, 0.25) is 0 Å². The number of amides is 1. The average Bonchev–Trinajstić information content (AvgIpc) is 3.54. The molecule has 0 aromatic carbocycles. The smallest absolute Gasteiger partial charge is 0.472 e. The molecule has 4 atom stereocenters. The van der Waals surface area contributed by atoms with Crippen LogP contribution in [0, 0.1) is 0 Å². The Labute approximate surface area is 448 Å². The number of allylic oxidation sites excluding steroid dienone is 4. The van der Waals surface area contributed by atoms with Crippen molar-refractivity contribution in [2.24, 2.45) is 0 Å². The molecule has 0 spiro atoms. The van der Waals surface area contributed by atoms with Crippen LogP contribution in [0.4, 0.5) is 0 Å². The molecule has 74 heavy (non-hydrogen) atoms. The fourth-order valence-electron chi connectivity index (χ4n) is 8.99. The number of aliphatic carboxylic acids is 1. The largest absolute Gasteiger partial charge is 0.481 e. The third kappa shape index (κ3) is 36.0. The highest BCUT2D eigenvalue weighted by Gasteiger charge is 2.45. The number of phosphoric ester groups is 1. The van der Waals surface area contributed by atoms with Crippen molar-refractivity contribution in [2.75, 3.05) is 26.4 Å². The van der Waals surface area contributed by atoms with Gasteiger partial charge in [-0.05, 0) is 76.7 Å². The monoisotopic (exact) mass is 1070 g/mol. The number of unbranched alkanes of at least 4 members (excludes halogenated alkanes) is 26. The Morgan fingerprint density at radius 2 is 1.09 bits per heavy atom. The summed E-state index contributed by atoms with van der Waals surface area (Å²) in [6.45, 7) is 6.17. The third-order valence-electron chi connectivity index (χ3n) is 13.6. The second-order valence-electron chi connectivity index (χ2n) is 20.5. The maximum Gasteiger partial charge on any atom is 0.472 e. The molecule has 0 saturated heterocycles. The number of ether oxygens (including phenoxy) is 2. The van der Waals surface area contributed by atoms with Gasteiger partial charge >= 0.3 is 25.7 Å². The van der Waals surface area contributed by atoms with Crippen molar-refractivity contribution in [1.29, 1.82) is 0 Å². The zero-order valence-electron chi connectivity index (χ0n) is 46.8. The number of hydrogen-bond donors (Lipinski definition) is 4. The molecule has 1 aliphatic rings. The number of aliphatic hydroxyl groups excluding tert-OH is 1. The number of carbonyl (C=O) groups excluding carboxylic acids is 3. The van der Waals surface area contributed by atoms with E-state index < -0.39 is 62.8 Å². The van der Waals surface area contributed by atoms with Gasteiger partial charge in [0.25, 0.3) is 5.91 Å². The van der Waals surface area contributed by atoms with E-state index in [0.717, 1.165) is 81.9 Å². The molecule has 1 heterocycles. The molecule has 0 bridgehead atoms. The first-order valence-corrected chi connectivity index (χ1v) is 30.8. The van der Waals surface area contributed by atoms with Gasteiger partial charge in [-0.2, -0.15) is 0 Å². The summed E-state index contributed by atoms with van der Waals surface area (Å²) >= 11 is 0. The predicted octanol–water partition coefficient (Wildman–Crippen LogP) is 14.6. The van der Waals surface area contributed by atoms with Gasteiger partial charge in [-0.1, -0.05) is 205 Å². The summed E-state index contributed by atoms with van der Waals surface area (Å²) in [6.07, 6.45) is 43.6. The van der Waals surface area contributed by atoms with Gasteiger partial charge in [-0.15, -0.1) is 0 Å². The lowest BCUT2D eigenvalue weighted by Crippen LogP contribution is -2.47. The number of carboxylic acid groups (broad SMARTS) is 1. The molecule has 0 aromatic rings. The second kappa shape index (κ2) is 44.9. The van der Waals surface area contributed by atoms with Gasteiger partial charge in [-0.25, -0.2) is 4.57 Å². The molecule has 0 saturated carbocycles. The van der Waals surface area contributed by atoms with E-state index in [1.165, 1.54) is 115 Å². The Balaban J connectivity index is 2.81. The summed E-state index contributed by atoms with van der Waals surface area (Å²) in [5.41, 5.74) is -1.33.